The number of halogens is 2. The van der Waals surface area contributed by atoms with Crippen molar-refractivity contribution in [3.63, 3.8) is 0 Å². The van der Waals surface area contributed by atoms with Crippen molar-refractivity contribution in [1.29, 1.82) is 0 Å². The lowest BCUT2D eigenvalue weighted by molar-refractivity contribution is -0.123. The topological polar surface area (TPSA) is 84.9 Å². The Bertz CT molecular complexity index is 1390. The number of hydrogen-bond donors (Lipinski definition) is 1. The van der Waals surface area contributed by atoms with Gasteiger partial charge in [0.05, 0.1) is 23.6 Å². The smallest absolute Gasteiger partial charge is 0.293 e. The quantitative estimate of drug-likeness (QED) is 0.316. The van der Waals surface area contributed by atoms with E-state index in [4.69, 9.17) is 32.7 Å². The van der Waals surface area contributed by atoms with Crippen molar-refractivity contribution >= 4 is 63.8 Å². The molecule has 1 N–H and O–H groups in total. The third-order valence-corrected chi connectivity index (χ3v) is 6.93. The second-order valence-corrected chi connectivity index (χ2v) is 9.91. The fourth-order valence-electron chi connectivity index (χ4n) is 3.58. The second kappa shape index (κ2) is 11.7. The number of benzene rings is 3. The summed E-state index contributed by atoms with van der Waals surface area (Å²) in [6, 6.07) is 17.5. The number of amides is 3. The summed E-state index contributed by atoms with van der Waals surface area (Å²) in [6.07, 6.45) is 1.58. The van der Waals surface area contributed by atoms with E-state index in [9.17, 15) is 14.4 Å². The highest BCUT2D eigenvalue weighted by atomic mass is 35.5. The van der Waals surface area contributed by atoms with Crippen molar-refractivity contribution < 1.29 is 23.9 Å². The minimum atomic E-state index is -0.396. The molecule has 1 heterocycles. The maximum Gasteiger partial charge on any atom is 0.293 e. The molecule has 0 aromatic heterocycles. The first-order valence-corrected chi connectivity index (χ1v) is 12.7. The van der Waals surface area contributed by atoms with Crippen molar-refractivity contribution in [1.82, 2.24) is 4.90 Å². The lowest BCUT2D eigenvalue weighted by Gasteiger charge is -2.14. The SMILES string of the molecule is COc1cc(/C=C2\SC(=O)N(Cc3ccccc3C)C2=O)cc(Cl)c1OCC(=O)Nc1ccc(Cl)cc1. The number of nitrogens with one attached hydrogen (secondary N) is 1. The molecule has 0 unspecified atom stereocenters. The van der Waals surface area contributed by atoms with Gasteiger partial charge < -0.3 is 14.8 Å². The fraction of sp³-hybridized carbons (Fsp3) is 0.148. The summed E-state index contributed by atoms with van der Waals surface area (Å²) in [7, 11) is 1.44. The number of imide groups is 1. The number of carbonyl (C=O) groups excluding carboxylic acids is 3. The van der Waals surface area contributed by atoms with Crippen LogP contribution < -0.4 is 14.8 Å². The zero-order valence-electron chi connectivity index (χ0n) is 19.9. The third kappa shape index (κ3) is 6.46. The second-order valence-electron chi connectivity index (χ2n) is 8.07. The molecule has 0 radical (unpaired) electrons. The predicted molar refractivity (Wildman–Crippen MR) is 146 cm³/mol. The molecular formula is C27H22Cl2N2O5S. The minimum Gasteiger partial charge on any atom is -0.493 e. The first kappa shape index (κ1) is 26.6. The number of aryl methyl sites for hydroxylation is 1. The van der Waals surface area contributed by atoms with Crippen LogP contribution in [0.3, 0.4) is 0 Å². The third-order valence-electron chi connectivity index (χ3n) is 5.49. The number of methoxy groups -OCH3 is 1. The number of thioether (sulfide) groups is 1. The van der Waals surface area contributed by atoms with E-state index in [-0.39, 0.29) is 45.7 Å². The van der Waals surface area contributed by atoms with Crippen LogP contribution in [0.1, 0.15) is 16.7 Å². The summed E-state index contributed by atoms with van der Waals surface area (Å²) >= 11 is 13.2. The molecule has 4 rings (SSSR count). The molecule has 0 saturated carbocycles. The average molecular weight is 557 g/mol. The van der Waals surface area contributed by atoms with Crippen LogP contribution in [-0.2, 0) is 16.1 Å². The number of ether oxygens (including phenoxy) is 2. The lowest BCUT2D eigenvalue weighted by atomic mass is 10.1. The first-order chi connectivity index (χ1) is 17.7. The van der Waals surface area contributed by atoms with Crippen LogP contribution in [0, 0.1) is 6.92 Å². The van der Waals surface area contributed by atoms with Gasteiger partial charge in [-0.3, -0.25) is 19.3 Å². The summed E-state index contributed by atoms with van der Waals surface area (Å²) in [5.74, 6) is -0.322. The van der Waals surface area contributed by atoms with Crippen molar-refractivity contribution in [2.45, 2.75) is 13.5 Å². The molecule has 1 fully saturated rings. The van der Waals surface area contributed by atoms with Gasteiger partial charge in [-0.2, -0.15) is 0 Å². The number of carbonyl (C=O) groups is 3. The molecule has 7 nitrogen and oxygen atoms in total. The van der Waals surface area contributed by atoms with E-state index < -0.39 is 5.91 Å². The molecule has 0 bridgehead atoms. The van der Waals surface area contributed by atoms with Crippen LogP contribution in [0.15, 0.2) is 65.6 Å². The van der Waals surface area contributed by atoms with Gasteiger partial charge in [-0.25, -0.2) is 0 Å². The normalized spacial score (nSPS) is 14.3. The molecule has 0 aliphatic carbocycles. The monoisotopic (exact) mass is 556 g/mol. The van der Waals surface area contributed by atoms with Gasteiger partial charge >= 0.3 is 0 Å². The Labute approximate surface area is 228 Å². The summed E-state index contributed by atoms with van der Waals surface area (Å²) in [6.45, 7) is 1.82. The highest BCUT2D eigenvalue weighted by molar-refractivity contribution is 8.18. The van der Waals surface area contributed by atoms with E-state index in [1.54, 1.807) is 42.5 Å². The van der Waals surface area contributed by atoms with E-state index in [1.807, 2.05) is 31.2 Å². The highest BCUT2D eigenvalue weighted by Crippen LogP contribution is 2.39. The fourth-order valence-corrected chi connectivity index (χ4v) is 4.81. The van der Waals surface area contributed by atoms with E-state index >= 15 is 0 Å². The molecule has 3 amide bonds. The molecule has 10 heteroatoms. The van der Waals surface area contributed by atoms with Gasteiger partial charge in [0.1, 0.15) is 0 Å². The molecule has 3 aromatic carbocycles. The van der Waals surface area contributed by atoms with E-state index in [1.165, 1.54) is 12.0 Å². The Balaban J connectivity index is 1.47. The Morgan fingerprint density at radius 1 is 1.08 bits per heavy atom. The first-order valence-electron chi connectivity index (χ1n) is 11.1. The number of hydrogen-bond acceptors (Lipinski definition) is 6. The molecule has 190 valence electrons. The van der Waals surface area contributed by atoms with Gasteiger partial charge in [0.2, 0.25) is 0 Å². The van der Waals surface area contributed by atoms with Crippen molar-refractivity contribution in [2.75, 3.05) is 19.0 Å². The number of rotatable bonds is 8. The highest BCUT2D eigenvalue weighted by Gasteiger charge is 2.35. The predicted octanol–water partition coefficient (Wildman–Crippen LogP) is 6.56. The molecule has 37 heavy (non-hydrogen) atoms. The van der Waals surface area contributed by atoms with Crippen molar-refractivity contribution in [2.24, 2.45) is 0 Å². The molecular weight excluding hydrogens is 535 g/mol. The van der Waals surface area contributed by atoms with Gasteiger partial charge in [0, 0.05) is 10.7 Å². The van der Waals surface area contributed by atoms with Gasteiger partial charge in [0.25, 0.3) is 17.1 Å². The van der Waals surface area contributed by atoms with Gasteiger partial charge in [-0.15, -0.1) is 0 Å². The minimum absolute atomic E-state index is 0.181. The van der Waals surface area contributed by atoms with E-state index in [0.29, 0.717) is 16.3 Å². The van der Waals surface area contributed by atoms with Crippen LogP contribution in [0.2, 0.25) is 10.0 Å². The van der Waals surface area contributed by atoms with Crippen LogP contribution in [0.25, 0.3) is 6.08 Å². The number of anilines is 1. The maximum absolute atomic E-state index is 13.0. The van der Waals surface area contributed by atoms with E-state index in [2.05, 4.69) is 5.32 Å². The zero-order chi connectivity index (χ0) is 26.5. The maximum atomic E-state index is 13.0. The Morgan fingerprint density at radius 2 is 1.81 bits per heavy atom. The standard InChI is InChI=1S/C27H22Cl2N2O5S/c1-16-5-3-4-6-18(16)14-31-26(33)23(37-27(31)34)13-17-11-21(29)25(22(12-17)35-2)36-15-24(32)30-20-9-7-19(28)8-10-20/h3-13H,14-15H2,1-2H3,(H,30,32)/b23-13-. The molecule has 0 spiro atoms. The van der Waals surface area contributed by atoms with E-state index in [0.717, 1.165) is 22.9 Å². The lowest BCUT2D eigenvalue weighted by Crippen LogP contribution is -2.27. The molecule has 3 aromatic rings. The Kier molecular flexibility index (Phi) is 8.43. The van der Waals surface area contributed by atoms with Crippen molar-refractivity contribution in [3.05, 3.63) is 92.3 Å². The molecule has 1 saturated heterocycles. The average Bonchev–Trinajstić information content (AvgIpc) is 3.13. The van der Waals surface area contributed by atoms with Crippen LogP contribution in [0.5, 0.6) is 11.5 Å². The largest absolute Gasteiger partial charge is 0.493 e. The van der Waals surface area contributed by atoms with Crippen LogP contribution in [0.4, 0.5) is 10.5 Å². The van der Waals surface area contributed by atoms with Crippen LogP contribution in [-0.4, -0.2) is 35.7 Å². The molecule has 1 aliphatic heterocycles. The molecule has 0 atom stereocenters. The summed E-state index contributed by atoms with van der Waals surface area (Å²) < 4.78 is 11.0. The zero-order valence-corrected chi connectivity index (χ0v) is 22.2. The summed E-state index contributed by atoms with van der Waals surface area (Å²) in [5, 5.41) is 3.10. The summed E-state index contributed by atoms with van der Waals surface area (Å²) in [5.41, 5.74) is 3.01. The molecule has 1 aliphatic rings. The van der Waals surface area contributed by atoms with Gasteiger partial charge in [-0.1, -0.05) is 47.5 Å². The Morgan fingerprint density at radius 3 is 2.51 bits per heavy atom. The number of nitrogens with zero attached hydrogens (tertiary/aromatic N) is 1. The summed E-state index contributed by atoms with van der Waals surface area (Å²) in [4.78, 5) is 39.3. The van der Waals surface area contributed by atoms with Crippen LogP contribution >= 0.6 is 35.0 Å². The van der Waals surface area contributed by atoms with Gasteiger partial charge in [-0.05, 0) is 77.9 Å². The Hall–Kier alpha value is -3.46. The van der Waals surface area contributed by atoms with Gasteiger partial charge in [0.15, 0.2) is 18.1 Å². The van der Waals surface area contributed by atoms with Crippen molar-refractivity contribution in [3.8, 4) is 11.5 Å².